The van der Waals surface area contributed by atoms with Crippen molar-refractivity contribution in [2.24, 2.45) is 0 Å². The third-order valence-electron chi connectivity index (χ3n) is 3.18. The molecule has 1 aromatic carbocycles. The lowest BCUT2D eigenvalue weighted by atomic mass is 10.2. The fraction of sp³-hybridized carbons (Fsp3) is 0.417. The third kappa shape index (κ3) is 4.23. The average molecular weight is 371 g/mol. The first-order valence-corrected chi connectivity index (χ1v) is 8.01. The van der Waals surface area contributed by atoms with Crippen LogP contribution in [0.3, 0.4) is 0 Å². The SMILES string of the molecule is COc1ccc(S(=O)(=O)N[C@@H]2CN[C@H](C(=O)O)C2)cc1Cl.Cl. The van der Waals surface area contributed by atoms with Gasteiger partial charge in [0.2, 0.25) is 10.0 Å². The Balaban J connectivity index is 0.00000242. The summed E-state index contributed by atoms with van der Waals surface area (Å²) in [5.74, 6) is -0.617. The van der Waals surface area contributed by atoms with E-state index in [4.69, 9.17) is 21.4 Å². The van der Waals surface area contributed by atoms with Gasteiger partial charge in [-0.25, -0.2) is 13.1 Å². The van der Waals surface area contributed by atoms with Gasteiger partial charge in [-0.2, -0.15) is 0 Å². The van der Waals surface area contributed by atoms with Crippen molar-refractivity contribution in [3.05, 3.63) is 23.2 Å². The van der Waals surface area contributed by atoms with Crippen LogP contribution in [0.1, 0.15) is 6.42 Å². The fourth-order valence-electron chi connectivity index (χ4n) is 2.12. The van der Waals surface area contributed by atoms with Gasteiger partial charge >= 0.3 is 5.97 Å². The number of hydrogen-bond acceptors (Lipinski definition) is 5. The van der Waals surface area contributed by atoms with Crippen molar-refractivity contribution in [1.29, 1.82) is 0 Å². The largest absolute Gasteiger partial charge is 0.495 e. The van der Waals surface area contributed by atoms with Gasteiger partial charge in [0.05, 0.1) is 17.0 Å². The Morgan fingerprint density at radius 2 is 2.18 bits per heavy atom. The summed E-state index contributed by atoms with van der Waals surface area (Å²) in [4.78, 5) is 10.8. The topological polar surface area (TPSA) is 105 Å². The second-order valence-electron chi connectivity index (χ2n) is 4.65. The number of methoxy groups -OCH3 is 1. The highest BCUT2D eigenvalue weighted by Gasteiger charge is 2.32. The molecule has 0 saturated carbocycles. The van der Waals surface area contributed by atoms with Gasteiger partial charge < -0.3 is 15.2 Å². The van der Waals surface area contributed by atoms with E-state index >= 15 is 0 Å². The number of carboxylic acid groups (broad SMARTS) is 1. The molecular formula is C12H16Cl2N2O5S. The van der Waals surface area contributed by atoms with Gasteiger partial charge in [0.1, 0.15) is 11.8 Å². The van der Waals surface area contributed by atoms with Crippen LogP contribution < -0.4 is 14.8 Å². The number of ether oxygens (including phenoxy) is 1. The molecule has 2 rings (SSSR count). The highest BCUT2D eigenvalue weighted by Crippen LogP contribution is 2.27. The number of halogens is 2. The molecule has 0 unspecified atom stereocenters. The summed E-state index contributed by atoms with van der Waals surface area (Å²) in [7, 11) is -2.33. The molecule has 0 amide bonds. The normalized spacial score (nSPS) is 21.2. The smallest absolute Gasteiger partial charge is 0.320 e. The molecule has 0 bridgehead atoms. The maximum absolute atomic E-state index is 12.2. The van der Waals surface area contributed by atoms with Crippen molar-refractivity contribution in [2.75, 3.05) is 13.7 Å². The molecule has 1 heterocycles. The maximum Gasteiger partial charge on any atom is 0.320 e. The van der Waals surface area contributed by atoms with E-state index in [1.165, 1.54) is 25.3 Å². The summed E-state index contributed by atoms with van der Waals surface area (Å²) in [5.41, 5.74) is 0. The van der Waals surface area contributed by atoms with Crippen LogP contribution in [0.4, 0.5) is 0 Å². The predicted octanol–water partition coefficient (Wildman–Crippen LogP) is 0.864. The van der Waals surface area contributed by atoms with Crippen LogP contribution in [0, 0.1) is 0 Å². The quantitative estimate of drug-likeness (QED) is 0.709. The Morgan fingerprint density at radius 1 is 1.50 bits per heavy atom. The zero-order valence-corrected chi connectivity index (χ0v) is 14.0. The van der Waals surface area contributed by atoms with E-state index < -0.39 is 28.1 Å². The van der Waals surface area contributed by atoms with Crippen LogP contribution in [-0.4, -0.2) is 45.2 Å². The summed E-state index contributed by atoms with van der Waals surface area (Å²) in [6.07, 6.45) is 0.193. The molecule has 0 radical (unpaired) electrons. The summed E-state index contributed by atoms with van der Waals surface area (Å²) >= 11 is 5.91. The second kappa shape index (κ2) is 7.47. The molecule has 1 aliphatic heterocycles. The minimum Gasteiger partial charge on any atom is -0.495 e. The van der Waals surface area contributed by atoms with E-state index in [1.54, 1.807) is 0 Å². The van der Waals surface area contributed by atoms with Crippen molar-refractivity contribution in [2.45, 2.75) is 23.4 Å². The van der Waals surface area contributed by atoms with E-state index in [-0.39, 0.29) is 35.3 Å². The zero-order chi connectivity index (χ0) is 15.6. The van der Waals surface area contributed by atoms with E-state index in [0.717, 1.165) is 0 Å². The lowest BCUT2D eigenvalue weighted by Crippen LogP contribution is -2.36. The first-order chi connectivity index (χ1) is 9.83. The molecule has 1 aromatic rings. The Morgan fingerprint density at radius 3 is 2.68 bits per heavy atom. The van der Waals surface area contributed by atoms with E-state index in [0.29, 0.717) is 5.75 Å². The lowest BCUT2D eigenvalue weighted by molar-refractivity contribution is -0.139. The molecule has 0 aromatic heterocycles. The first-order valence-electron chi connectivity index (χ1n) is 6.15. The molecule has 22 heavy (non-hydrogen) atoms. The Bertz CT molecular complexity index is 653. The molecule has 7 nitrogen and oxygen atoms in total. The summed E-state index contributed by atoms with van der Waals surface area (Å²) in [6, 6.07) is 2.92. The van der Waals surface area contributed by atoms with Gasteiger partial charge in [-0.3, -0.25) is 4.79 Å². The molecule has 1 aliphatic rings. The molecular weight excluding hydrogens is 355 g/mol. The number of aliphatic carboxylic acids is 1. The van der Waals surface area contributed by atoms with Gasteiger partial charge in [-0.05, 0) is 24.6 Å². The van der Waals surface area contributed by atoms with Crippen LogP contribution in [0.2, 0.25) is 5.02 Å². The third-order valence-corrected chi connectivity index (χ3v) is 5.00. The van der Waals surface area contributed by atoms with Gasteiger partial charge in [0.25, 0.3) is 0 Å². The molecule has 1 fully saturated rings. The minimum atomic E-state index is -3.76. The van der Waals surface area contributed by atoms with E-state index in [9.17, 15) is 13.2 Å². The van der Waals surface area contributed by atoms with Crippen molar-refractivity contribution in [3.63, 3.8) is 0 Å². The molecule has 1 saturated heterocycles. The van der Waals surface area contributed by atoms with Crippen molar-refractivity contribution >= 4 is 40.0 Å². The summed E-state index contributed by atoms with van der Waals surface area (Å²) in [6.45, 7) is 0.264. The number of hydrogen-bond donors (Lipinski definition) is 3. The Kier molecular flexibility index (Phi) is 6.45. The van der Waals surface area contributed by atoms with Gasteiger partial charge in [0, 0.05) is 12.6 Å². The van der Waals surface area contributed by atoms with E-state index in [2.05, 4.69) is 10.0 Å². The number of sulfonamides is 1. The maximum atomic E-state index is 12.2. The first kappa shape index (κ1) is 19.0. The van der Waals surface area contributed by atoms with Crippen LogP contribution in [0.15, 0.2) is 23.1 Å². The summed E-state index contributed by atoms with van der Waals surface area (Å²) in [5, 5.41) is 11.8. The highest BCUT2D eigenvalue weighted by molar-refractivity contribution is 7.89. The molecule has 10 heteroatoms. The second-order valence-corrected chi connectivity index (χ2v) is 6.77. The van der Waals surface area contributed by atoms with Crippen LogP contribution in [0.5, 0.6) is 5.75 Å². The predicted molar refractivity (Wildman–Crippen MR) is 83.4 cm³/mol. The zero-order valence-electron chi connectivity index (χ0n) is 11.6. The van der Waals surface area contributed by atoms with Crippen LogP contribution in [0.25, 0.3) is 0 Å². The standard InChI is InChI=1S/C12H15ClN2O5S.ClH/c1-20-11-3-2-8(5-9(11)13)21(18,19)15-7-4-10(12(16)17)14-6-7;/h2-3,5,7,10,14-15H,4,6H2,1H3,(H,16,17);1H/t7-,10-;/m0./s1. The van der Waals surface area contributed by atoms with Crippen LogP contribution >= 0.6 is 24.0 Å². The van der Waals surface area contributed by atoms with Gasteiger partial charge in [-0.1, -0.05) is 11.6 Å². The highest BCUT2D eigenvalue weighted by atomic mass is 35.5. The van der Waals surface area contributed by atoms with Crippen molar-refractivity contribution in [1.82, 2.24) is 10.0 Å². The molecule has 0 spiro atoms. The van der Waals surface area contributed by atoms with Gasteiger partial charge in [-0.15, -0.1) is 12.4 Å². The Hall–Kier alpha value is -1.06. The van der Waals surface area contributed by atoms with Crippen molar-refractivity contribution < 1.29 is 23.1 Å². The number of nitrogens with one attached hydrogen (secondary N) is 2. The monoisotopic (exact) mass is 370 g/mol. The van der Waals surface area contributed by atoms with Crippen LogP contribution in [-0.2, 0) is 14.8 Å². The lowest BCUT2D eigenvalue weighted by Gasteiger charge is -2.13. The fourth-order valence-corrected chi connectivity index (χ4v) is 3.71. The van der Waals surface area contributed by atoms with Gasteiger partial charge in [0.15, 0.2) is 0 Å². The molecule has 3 N–H and O–H groups in total. The van der Waals surface area contributed by atoms with E-state index in [1.807, 2.05) is 0 Å². The molecule has 124 valence electrons. The average Bonchev–Trinajstić information content (AvgIpc) is 2.86. The number of carbonyl (C=O) groups is 1. The number of benzene rings is 1. The van der Waals surface area contributed by atoms with Crippen molar-refractivity contribution in [3.8, 4) is 5.75 Å². The number of carboxylic acids is 1. The molecule has 0 aliphatic carbocycles. The summed E-state index contributed by atoms with van der Waals surface area (Å²) < 4.78 is 31.9. The minimum absolute atomic E-state index is 0. The molecule has 2 atom stereocenters. The Labute approximate surface area is 139 Å². The number of rotatable bonds is 5.